The number of nitrogens with zero attached hydrogens (tertiary/aromatic N) is 1. The van der Waals surface area contributed by atoms with Crippen LogP contribution in [0.3, 0.4) is 0 Å². The highest BCUT2D eigenvalue weighted by molar-refractivity contribution is 5.87. The maximum Gasteiger partial charge on any atom is 0.337 e. The molecule has 5 heteroatoms. The van der Waals surface area contributed by atoms with Crippen molar-refractivity contribution in [3.8, 4) is 0 Å². The Kier molecular flexibility index (Phi) is 2.93. The number of aromatic carboxylic acids is 1. The van der Waals surface area contributed by atoms with E-state index >= 15 is 0 Å². The van der Waals surface area contributed by atoms with E-state index in [-0.39, 0.29) is 12.1 Å². The SMILES string of the molecule is CC(C)(F)Cn1cc(C(=O)O)ccc1=O. The lowest BCUT2D eigenvalue weighted by molar-refractivity contribution is 0.0695. The Morgan fingerprint density at radius 3 is 2.60 bits per heavy atom. The van der Waals surface area contributed by atoms with Crippen molar-refractivity contribution in [1.82, 2.24) is 4.57 Å². The van der Waals surface area contributed by atoms with Gasteiger partial charge in [0.25, 0.3) is 5.56 Å². The van der Waals surface area contributed by atoms with E-state index in [0.29, 0.717) is 0 Å². The lowest BCUT2D eigenvalue weighted by Gasteiger charge is -2.15. The molecule has 0 aromatic carbocycles. The van der Waals surface area contributed by atoms with Crippen molar-refractivity contribution in [2.75, 3.05) is 0 Å². The molecule has 0 aliphatic carbocycles. The predicted molar refractivity (Wildman–Crippen MR) is 52.8 cm³/mol. The highest BCUT2D eigenvalue weighted by Crippen LogP contribution is 2.10. The topological polar surface area (TPSA) is 59.3 Å². The first-order valence-electron chi connectivity index (χ1n) is 4.42. The summed E-state index contributed by atoms with van der Waals surface area (Å²) in [6.45, 7) is 2.49. The van der Waals surface area contributed by atoms with E-state index in [1.54, 1.807) is 0 Å². The summed E-state index contributed by atoms with van der Waals surface area (Å²) < 4.78 is 14.3. The fourth-order valence-corrected chi connectivity index (χ4v) is 1.19. The molecule has 0 fully saturated rings. The molecule has 1 aromatic heterocycles. The van der Waals surface area contributed by atoms with Gasteiger partial charge in [-0.05, 0) is 19.9 Å². The summed E-state index contributed by atoms with van der Waals surface area (Å²) in [5.74, 6) is -1.14. The molecule has 1 rings (SSSR count). The molecule has 0 aliphatic rings. The van der Waals surface area contributed by atoms with Gasteiger partial charge in [-0.1, -0.05) is 0 Å². The average Bonchev–Trinajstić information content (AvgIpc) is 2.06. The molecule has 1 N–H and O–H groups in total. The number of hydrogen-bond donors (Lipinski definition) is 1. The Bertz CT molecular complexity index is 431. The molecule has 0 saturated carbocycles. The van der Waals surface area contributed by atoms with E-state index < -0.39 is 17.2 Å². The molecule has 0 amide bonds. The van der Waals surface area contributed by atoms with Gasteiger partial charge in [0.1, 0.15) is 5.67 Å². The lowest BCUT2D eigenvalue weighted by atomic mass is 10.1. The van der Waals surface area contributed by atoms with Gasteiger partial charge in [-0.2, -0.15) is 0 Å². The standard InChI is InChI=1S/C10H12FNO3/c1-10(2,11)6-12-5-7(9(14)15)3-4-8(12)13/h3-5H,6H2,1-2H3,(H,14,15). The Morgan fingerprint density at radius 1 is 1.53 bits per heavy atom. The fraction of sp³-hybridized carbons (Fsp3) is 0.400. The second kappa shape index (κ2) is 3.84. The fourth-order valence-electron chi connectivity index (χ4n) is 1.19. The highest BCUT2D eigenvalue weighted by atomic mass is 19.1. The molecule has 1 heterocycles. The van der Waals surface area contributed by atoms with Crippen molar-refractivity contribution < 1.29 is 14.3 Å². The van der Waals surface area contributed by atoms with Crippen LogP contribution in [0.15, 0.2) is 23.1 Å². The van der Waals surface area contributed by atoms with Crippen LogP contribution in [-0.4, -0.2) is 21.3 Å². The Labute approximate surface area is 86.0 Å². The molecule has 0 bridgehead atoms. The molecule has 4 nitrogen and oxygen atoms in total. The maximum absolute atomic E-state index is 13.3. The summed E-state index contributed by atoms with van der Waals surface area (Å²) in [6.07, 6.45) is 1.14. The number of carbonyl (C=O) groups is 1. The van der Waals surface area contributed by atoms with Crippen LogP contribution in [0.5, 0.6) is 0 Å². The molecule has 0 atom stereocenters. The van der Waals surface area contributed by atoms with Crippen LogP contribution in [0.1, 0.15) is 24.2 Å². The molecule has 15 heavy (non-hydrogen) atoms. The minimum Gasteiger partial charge on any atom is -0.478 e. The van der Waals surface area contributed by atoms with Crippen LogP contribution in [0, 0.1) is 0 Å². The monoisotopic (exact) mass is 213 g/mol. The second-order valence-corrected chi connectivity index (χ2v) is 3.91. The van der Waals surface area contributed by atoms with Gasteiger partial charge in [0, 0.05) is 12.3 Å². The molecule has 0 aliphatic heterocycles. The summed E-state index contributed by atoms with van der Waals surface area (Å²) in [6, 6.07) is 2.32. The molecule has 0 saturated heterocycles. The Balaban J connectivity index is 3.12. The first-order valence-corrected chi connectivity index (χ1v) is 4.42. The minimum absolute atomic E-state index is 0.0288. The smallest absolute Gasteiger partial charge is 0.337 e. The van der Waals surface area contributed by atoms with Crippen molar-refractivity contribution in [3.63, 3.8) is 0 Å². The molecular formula is C10H12FNO3. The summed E-state index contributed by atoms with van der Waals surface area (Å²) in [5, 5.41) is 8.69. The maximum atomic E-state index is 13.3. The number of halogens is 1. The molecule has 82 valence electrons. The van der Waals surface area contributed by atoms with E-state index in [2.05, 4.69) is 0 Å². The van der Waals surface area contributed by atoms with Crippen LogP contribution in [-0.2, 0) is 6.54 Å². The van der Waals surface area contributed by atoms with Crippen molar-refractivity contribution >= 4 is 5.97 Å². The van der Waals surface area contributed by atoms with Crippen molar-refractivity contribution in [2.24, 2.45) is 0 Å². The summed E-state index contributed by atoms with van der Waals surface area (Å²) in [4.78, 5) is 21.9. The largest absolute Gasteiger partial charge is 0.478 e. The van der Waals surface area contributed by atoms with E-state index in [4.69, 9.17) is 5.11 Å². The van der Waals surface area contributed by atoms with E-state index in [1.807, 2.05) is 0 Å². The highest BCUT2D eigenvalue weighted by Gasteiger charge is 2.17. The van der Waals surface area contributed by atoms with Gasteiger partial charge in [0.15, 0.2) is 0 Å². The van der Waals surface area contributed by atoms with Crippen LogP contribution < -0.4 is 5.56 Å². The third-order valence-corrected chi connectivity index (χ3v) is 1.78. The number of pyridine rings is 1. The molecular weight excluding hydrogens is 201 g/mol. The van der Waals surface area contributed by atoms with E-state index in [0.717, 1.165) is 16.8 Å². The van der Waals surface area contributed by atoms with Crippen molar-refractivity contribution in [3.05, 3.63) is 34.2 Å². The molecule has 0 radical (unpaired) electrons. The number of hydrogen-bond acceptors (Lipinski definition) is 2. The van der Waals surface area contributed by atoms with Gasteiger partial charge in [-0.15, -0.1) is 0 Å². The zero-order valence-corrected chi connectivity index (χ0v) is 8.53. The predicted octanol–water partition coefficient (Wildman–Crippen LogP) is 1.29. The first kappa shape index (κ1) is 11.4. The average molecular weight is 213 g/mol. The zero-order valence-electron chi connectivity index (χ0n) is 8.53. The molecule has 0 unspecified atom stereocenters. The normalized spacial score (nSPS) is 11.4. The van der Waals surface area contributed by atoms with Crippen molar-refractivity contribution in [2.45, 2.75) is 26.1 Å². The quantitative estimate of drug-likeness (QED) is 0.823. The Hall–Kier alpha value is -1.65. The number of aromatic nitrogens is 1. The van der Waals surface area contributed by atoms with Gasteiger partial charge in [0.05, 0.1) is 12.1 Å². The number of rotatable bonds is 3. The lowest BCUT2D eigenvalue weighted by Crippen LogP contribution is -2.29. The number of carboxylic acid groups (broad SMARTS) is 1. The van der Waals surface area contributed by atoms with Crippen LogP contribution in [0.25, 0.3) is 0 Å². The van der Waals surface area contributed by atoms with Gasteiger partial charge >= 0.3 is 5.97 Å². The third-order valence-electron chi connectivity index (χ3n) is 1.78. The van der Waals surface area contributed by atoms with Crippen LogP contribution >= 0.6 is 0 Å². The first-order chi connectivity index (χ1) is 6.79. The summed E-state index contributed by atoms with van der Waals surface area (Å²) >= 11 is 0. The summed E-state index contributed by atoms with van der Waals surface area (Å²) in [7, 11) is 0. The summed E-state index contributed by atoms with van der Waals surface area (Å²) in [5.41, 5.74) is -1.99. The van der Waals surface area contributed by atoms with Gasteiger partial charge in [-0.3, -0.25) is 4.79 Å². The number of alkyl halides is 1. The van der Waals surface area contributed by atoms with Crippen LogP contribution in [0.4, 0.5) is 4.39 Å². The molecule has 1 aromatic rings. The zero-order chi connectivity index (χ0) is 11.6. The van der Waals surface area contributed by atoms with Gasteiger partial charge < -0.3 is 9.67 Å². The van der Waals surface area contributed by atoms with Crippen molar-refractivity contribution in [1.29, 1.82) is 0 Å². The van der Waals surface area contributed by atoms with Gasteiger partial charge in [0.2, 0.25) is 0 Å². The van der Waals surface area contributed by atoms with E-state index in [9.17, 15) is 14.0 Å². The number of carboxylic acids is 1. The second-order valence-electron chi connectivity index (χ2n) is 3.91. The molecule has 0 spiro atoms. The third kappa shape index (κ3) is 3.19. The van der Waals surface area contributed by atoms with E-state index in [1.165, 1.54) is 19.9 Å². The van der Waals surface area contributed by atoms with Gasteiger partial charge in [-0.25, -0.2) is 9.18 Å². The minimum atomic E-state index is -1.55. The van der Waals surface area contributed by atoms with Crippen LogP contribution in [0.2, 0.25) is 0 Å². The Morgan fingerprint density at radius 2 is 2.13 bits per heavy atom.